The maximum atomic E-state index is 10.7. The maximum Gasteiger partial charge on any atom is 0.280 e. The normalized spacial score (nSPS) is 10.2. The van der Waals surface area contributed by atoms with Crippen molar-refractivity contribution in [3.05, 3.63) is 28.6 Å². The number of thiophene rings is 1. The lowest BCUT2D eigenvalue weighted by molar-refractivity contribution is 0.262. The van der Waals surface area contributed by atoms with E-state index in [0.717, 1.165) is 10.7 Å². The number of nitrogens with one attached hydrogen (secondary N) is 1. The molecular formula is C9H7IN2OS2. The SMILES string of the molecule is O=C(I)NCc1csc(-c2cccs2)n1. The van der Waals surface area contributed by atoms with E-state index in [1.807, 2.05) is 22.9 Å². The van der Waals surface area contributed by atoms with Crippen molar-refractivity contribution in [2.24, 2.45) is 0 Å². The van der Waals surface area contributed by atoms with Crippen molar-refractivity contribution < 1.29 is 4.79 Å². The second-order valence-electron chi connectivity index (χ2n) is 2.75. The Morgan fingerprint density at radius 2 is 2.40 bits per heavy atom. The van der Waals surface area contributed by atoms with Gasteiger partial charge in [0.1, 0.15) is 5.01 Å². The molecule has 3 nitrogen and oxygen atoms in total. The Morgan fingerprint density at radius 1 is 1.53 bits per heavy atom. The Balaban J connectivity index is 2.08. The van der Waals surface area contributed by atoms with Crippen LogP contribution in [-0.4, -0.2) is 8.90 Å². The fraction of sp³-hybridized carbons (Fsp3) is 0.111. The van der Waals surface area contributed by atoms with Gasteiger partial charge in [-0.15, -0.1) is 22.7 Å². The summed E-state index contributed by atoms with van der Waals surface area (Å²) in [6.07, 6.45) is 0. The first kappa shape index (κ1) is 11.0. The van der Waals surface area contributed by atoms with E-state index in [0.29, 0.717) is 6.54 Å². The van der Waals surface area contributed by atoms with E-state index in [9.17, 15) is 4.79 Å². The summed E-state index contributed by atoms with van der Waals surface area (Å²) in [5.74, 6) is 0. The lowest BCUT2D eigenvalue weighted by atomic mass is 10.4. The van der Waals surface area contributed by atoms with Crippen LogP contribution in [0, 0.1) is 0 Å². The zero-order valence-electron chi connectivity index (χ0n) is 7.57. The Morgan fingerprint density at radius 3 is 3.07 bits per heavy atom. The minimum Gasteiger partial charge on any atom is -0.342 e. The van der Waals surface area contributed by atoms with Gasteiger partial charge in [-0.2, -0.15) is 0 Å². The molecule has 0 bridgehead atoms. The van der Waals surface area contributed by atoms with Gasteiger partial charge in [0.25, 0.3) is 3.91 Å². The average Bonchev–Trinajstić information content (AvgIpc) is 2.85. The second kappa shape index (κ2) is 5.04. The third kappa shape index (κ3) is 2.99. The number of aromatic nitrogens is 1. The zero-order chi connectivity index (χ0) is 10.7. The highest BCUT2D eigenvalue weighted by Gasteiger charge is 2.05. The van der Waals surface area contributed by atoms with Crippen molar-refractivity contribution in [2.45, 2.75) is 6.54 Å². The third-order valence-corrected chi connectivity index (χ3v) is 4.00. The highest BCUT2D eigenvalue weighted by molar-refractivity contribution is 14.1. The van der Waals surface area contributed by atoms with Crippen LogP contribution >= 0.6 is 45.3 Å². The number of rotatable bonds is 3. The summed E-state index contributed by atoms with van der Waals surface area (Å²) in [5, 5.41) is 7.74. The largest absolute Gasteiger partial charge is 0.342 e. The molecule has 0 fully saturated rings. The van der Waals surface area contributed by atoms with Crippen LogP contribution in [0.4, 0.5) is 4.79 Å². The van der Waals surface area contributed by atoms with Crippen LogP contribution in [-0.2, 0) is 6.54 Å². The van der Waals surface area contributed by atoms with Crippen molar-refractivity contribution in [1.29, 1.82) is 0 Å². The minimum absolute atomic E-state index is 0.0572. The topological polar surface area (TPSA) is 42.0 Å². The van der Waals surface area contributed by atoms with Gasteiger partial charge in [-0.3, -0.25) is 4.79 Å². The molecule has 78 valence electrons. The first-order chi connectivity index (χ1) is 7.25. The molecule has 0 aromatic carbocycles. The quantitative estimate of drug-likeness (QED) is 0.523. The summed E-state index contributed by atoms with van der Waals surface area (Å²) >= 11 is 4.99. The van der Waals surface area contributed by atoms with E-state index in [1.165, 1.54) is 4.88 Å². The van der Waals surface area contributed by atoms with Crippen LogP contribution in [0.3, 0.4) is 0 Å². The van der Waals surface area contributed by atoms with Gasteiger partial charge in [0.2, 0.25) is 0 Å². The van der Waals surface area contributed by atoms with Crippen LogP contribution in [0.15, 0.2) is 22.9 Å². The van der Waals surface area contributed by atoms with E-state index >= 15 is 0 Å². The number of carbonyl (C=O) groups is 1. The molecule has 0 aliphatic carbocycles. The van der Waals surface area contributed by atoms with Crippen LogP contribution < -0.4 is 5.32 Å². The molecule has 6 heteroatoms. The number of hydrogen-bond donors (Lipinski definition) is 1. The number of halogens is 1. The lowest BCUT2D eigenvalue weighted by Crippen LogP contribution is -2.14. The van der Waals surface area contributed by atoms with E-state index < -0.39 is 0 Å². The number of thiazole rings is 1. The first-order valence-electron chi connectivity index (χ1n) is 4.17. The predicted molar refractivity (Wildman–Crippen MR) is 71.7 cm³/mol. The molecule has 15 heavy (non-hydrogen) atoms. The molecule has 0 aliphatic heterocycles. The molecule has 2 aromatic rings. The highest BCUT2D eigenvalue weighted by Crippen LogP contribution is 2.27. The third-order valence-electron chi connectivity index (χ3n) is 1.69. The Labute approximate surface area is 109 Å². The lowest BCUT2D eigenvalue weighted by Gasteiger charge is -1.95. The molecule has 2 heterocycles. The summed E-state index contributed by atoms with van der Waals surface area (Å²) in [6, 6.07) is 4.05. The van der Waals surface area contributed by atoms with Crippen LogP contribution in [0.1, 0.15) is 5.69 Å². The van der Waals surface area contributed by atoms with Crippen molar-refractivity contribution in [2.75, 3.05) is 0 Å². The van der Waals surface area contributed by atoms with Gasteiger partial charge in [-0.05, 0) is 11.4 Å². The molecule has 0 aliphatic rings. The fourth-order valence-corrected chi connectivity index (χ4v) is 2.89. The van der Waals surface area contributed by atoms with Gasteiger partial charge in [0, 0.05) is 28.0 Å². The molecule has 2 aromatic heterocycles. The van der Waals surface area contributed by atoms with E-state index in [1.54, 1.807) is 45.3 Å². The molecule has 0 unspecified atom stereocenters. The number of amides is 1. The van der Waals surface area contributed by atoms with Crippen molar-refractivity contribution in [1.82, 2.24) is 10.3 Å². The van der Waals surface area contributed by atoms with Gasteiger partial charge >= 0.3 is 0 Å². The summed E-state index contributed by atoms with van der Waals surface area (Å²) in [5.41, 5.74) is 0.911. The molecule has 1 N–H and O–H groups in total. The van der Waals surface area contributed by atoms with Gasteiger partial charge in [0.15, 0.2) is 0 Å². The van der Waals surface area contributed by atoms with Crippen LogP contribution in [0.2, 0.25) is 0 Å². The summed E-state index contributed by atoms with van der Waals surface area (Å²) in [6.45, 7) is 0.504. The molecule has 0 radical (unpaired) electrons. The van der Waals surface area contributed by atoms with Crippen molar-refractivity contribution >= 4 is 49.2 Å². The predicted octanol–water partition coefficient (Wildman–Crippen LogP) is 3.52. The van der Waals surface area contributed by atoms with Gasteiger partial charge in [-0.25, -0.2) is 4.98 Å². The average molecular weight is 350 g/mol. The molecule has 0 saturated heterocycles. The molecular weight excluding hydrogens is 343 g/mol. The van der Waals surface area contributed by atoms with Crippen LogP contribution in [0.25, 0.3) is 9.88 Å². The Kier molecular flexibility index (Phi) is 3.71. The summed E-state index contributed by atoms with van der Waals surface area (Å²) in [4.78, 5) is 16.3. The van der Waals surface area contributed by atoms with Gasteiger partial charge in [0.05, 0.1) is 17.1 Å². The summed E-state index contributed by atoms with van der Waals surface area (Å²) < 4.78 is -0.0572. The maximum absolute atomic E-state index is 10.7. The first-order valence-corrected chi connectivity index (χ1v) is 7.01. The van der Waals surface area contributed by atoms with Crippen molar-refractivity contribution in [3.8, 4) is 9.88 Å². The minimum atomic E-state index is -0.0572. The van der Waals surface area contributed by atoms with E-state index in [-0.39, 0.29) is 3.91 Å². The highest BCUT2D eigenvalue weighted by atomic mass is 127. The molecule has 1 amide bonds. The van der Waals surface area contributed by atoms with Crippen molar-refractivity contribution in [3.63, 3.8) is 0 Å². The standard InChI is InChI=1S/C9H7IN2OS2/c10-9(13)11-4-6-5-15-8(12-6)7-2-1-3-14-7/h1-3,5H,4H2,(H,11,13). The smallest absolute Gasteiger partial charge is 0.280 e. The van der Waals surface area contributed by atoms with Crippen LogP contribution in [0.5, 0.6) is 0 Å². The number of hydrogen-bond acceptors (Lipinski definition) is 4. The Hall–Kier alpha value is -0.470. The number of carbonyl (C=O) groups excluding carboxylic acids is 1. The monoisotopic (exact) mass is 350 g/mol. The Bertz CT molecular complexity index is 452. The molecule has 2 rings (SSSR count). The second-order valence-corrected chi connectivity index (χ2v) is 5.53. The van der Waals surface area contributed by atoms with E-state index in [2.05, 4.69) is 10.3 Å². The van der Waals surface area contributed by atoms with Gasteiger partial charge in [-0.1, -0.05) is 6.07 Å². The zero-order valence-corrected chi connectivity index (χ0v) is 11.4. The van der Waals surface area contributed by atoms with E-state index in [4.69, 9.17) is 0 Å². The molecule has 0 atom stereocenters. The molecule has 0 saturated carbocycles. The fourth-order valence-electron chi connectivity index (χ4n) is 1.06. The molecule has 0 spiro atoms. The number of nitrogens with zero attached hydrogens (tertiary/aromatic N) is 1. The summed E-state index contributed by atoms with van der Waals surface area (Å²) in [7, 11) is 0. The van der Waals surface area contributed by atoms with Gasteiger partial charge < -0.3 is 5.32 Å².